The van der Waals surface area contributed by atoms with Crippen LogP contribution in [0.2, 0.25) is 0 Å². The van der Waals surface area contributed by atoms with Crippen LogP contribution >= 0.6 is 0 Å². The lowest BCUT2D eigenvalue weighted by molar-refractivity contribution is -0.115. The topological polar surface area (TPSA) is 41.1 Å². The van der Waals surface area contributed by atoms with Crippen molar-refractivity contribution in [3.8, 4) is 0 Å². The first-order valence-electron chi connectivity index (χ1n) is 6.50. The van der Waals surface area contributed by atoms with Crippen molar-refractivity contribution in [3.05, 3.63) is 30.1 Å². The zero-order valence-electron chi connectivity index (χ0n) is 10.4. The normalized spacial score (nSPS) is 14.5. The van der Waals surface area contributed by atoms with Gasteiger partial charge in [0.1, 0.15) is 5.82 Å². The zero-order valence-corrected chi connectivity index (χ0v) is 10.4. The van der Waals surface area contributed by atoms with E-state index >= 15 is 0 Å². The third kappa shape index (κ3) is 4.84. The van der Waals surface area contributed by atoms with Crippen molar-refractivity contribution in [3.63, 3.8) is 0 Å². The smallest absolute Gasteiger partial charge is 0.238 e. The van der Waals surface area contributed by atoms with Crippen LogP contribution in [0.4, 0.5) is 10.1 Å². The molecule has 0 saturated heterocycles. The summed E-state index contributed by atoms with van der Waals surface area (Å²) in [6.45, 7) is 1.15. The van der Waals surface area contributed by atoms with Crippen molar-refractivity contribution in [2.75, 3.05) is 18.4 Å². The first-order chi connectivity index (χ1) is 8.74. The number of benzene rings is 1. The molecule has 98 valence electrons. The predicted octanol–water partition coefficient (Wildman–Crippen LogP) is 2.54. The maximum Gasteiger partial charge on any atom is 0.238 e. The molecule has 2 rings (SSSR count). The van der Waals surface area contributed by atoms with E-state index in [2.05, 4.69) is 10.6 Å². The molecule has 2 N–H and O–H groups in total. The lowest BCUT2D eigenvalue weighted by Gasteiger charge is -2.06. The summed E-state index contributed by atoms with van der Waals surface area (Å²) in [7, 11) is 0. The van der Waals surface area contributed by atoms with E-state index in [0.29, 0.717) is 5.69 Å². The van der Waals surface area contributed by atoms with Gasteiger partial charge in [0.05, 0.1) is 6.54 Å². The first-order valence-corrected chi connectivity index (χ1v) is 6.50. The number of carbonyl (C=O) groups is 1. The summed E-state index contributed by atoms with van der Waals surface area (Å²) in [6.07, 6.45) is 5.14. The molecule has 1 aromatic rings. The molecule has 1 amide bonds. The number of anilines is 1. The van der Waals surface area contributed by atoms with Gasteiger partial charge in [0.25, 0.3) is 0 Å². The highest BCUT2D eigenvalue weighted by molar-refractivity contribution is 5.92. The molecule has 18 heavy (non-hydrogen) atoms. The van der Waals surface area contributed by atoms with E-state index in [9.17, 15) is 9.18 Å². The van der Waals surface area contributed by atoms with Gasteiger partial charge in [0, 0.05) is 5.69 Å². The molecule has 0 atom stereocenters. The molecule has 0 radical (unpaired) electrons. The van der Waals surface area contributed by atoms with Crippen molar-refractivity contribution in [1.82, 2.24) is 5.32 Å². The molecule has 0 aromatic heterocycles. The SMILES string of the molecule is O=C(CNCCCC1CC1)Nc1cccc(F)c1. The second-order valence-electron chi connectivity index (χ2n) is 4.82. The number of hydrogen-bond donors (Lipinski definition) is 2. The van der Waals surface area contributed by atoms with Gasteiger partial charge in [0.15, 0.2) is 0 Å². The predicted molar refractivity (Wildman–Crippen MR) is 69.9 cm³/mol. The highest BCUT2D eigenvalue weighted by Gasteiger charge is 2.19. The second kappa shape index (κ2) is 6.50. The molecule has 3 nitrogen and oxygen atoms in total. The minimum atomic E-state index is -0.342. The van der Waals surface area contributed by atoms with E-state index in [1.54, 1.807) is 12.1 Å². The van der Waals surface area contributed by atoms with Gasteiger partial charge < -0.3 is 10.6 Å². The van der Waals surface area contributed by atoms with Gasteiger partial charge in [0.2, 0.25) is 5.91 Å². The van der Waals surface area contributed by atoms with Gasteiger partial charge in [-0.1, -0.05) is 18.9 Å². The molecule has 1 aromatic carbocycles. The third-order valence-electron chi connectivity index (χ3n) is 3.06. The standard InChI is InChI=1S/C14H19FN2O/c15-12-4-1-5-13(9-12)17-14(18)10-16-8-2-3-11-6-7-11/h1,4-5,9,11,16H,2-3,6-8,10H2,(H,17,18). The number of nitrogens with one attached hydrogen (secondary N) is 2. The molecular weight excluding hydrogens is 231 g/mol. The maximum atomic E-state index is 12.9. The molecule has 1 fully saturated rings. The average molecular weight is 250 g/mol. The Labute approximate surface area is 107 Å². The maximum absolute atomic E-state index is 12.9. The fraction of sp³-hybridized carbons (Fsp3) is 0.500. The summed E-state index contributed by atoms with van der Waals surface area (Å²) in [5, 5.41) is 5.75. The van der Waals surface area contributed by atoms with Crippen LogP contribution in [0.25, 0.3) is 0 Å². The Hall–Kier alpha value is -1.42. The minimum Gasteiger partial charge on any atom is -0.325 e. The van der Waals surface area contributed by atoms with Crippen LogP contribution < -0.4 is 10.6 Å². The number of rotatable bonds is 7. The Morgan fingerprint density at radius 2 is 2.22 bits per heavy atom. The zero-order chi connectivity index (χ0) is 12.8. The number of halogens is 1. The van der Waals surface area contributed by atoms with Gasteiger partial charge in [-0.3, -0.25) is 4.79 Å². The van der Waals surface area contributed by atoms with E-state index in [0.717, 1.165) is 18.9 Å². The van der Waals surface area contributed by atoms with Crippen LogP contribution in [0.5, 0.6) is 0 Å². The Kier molecular flexibility index (Phi) is 4.70. The van der Waals surface area contributed by atoms with E-state index in [4.69, 9.17) is 0 Å². The molecule has 1 aliphatic carbocycles. The third-order valence-corrected chi connectivity index (χ3v) is 3.06. The molecule has 0 heterocycles. The number of carbonyl (C=O) groups excluding carboxylic acids is 1. The number of amides is 1. The molecule has 4 heteroatoms. The Morgan fingerprint density at radius 3 is 2.94 bits per heavy atom. The Morgan fingerprint density at radius 1 is 1.39 bits per heavy atom. The minimum absolute atomic E-state index is 0.132. The molecule has 1 saturated carbocycles. The van der Waals surface area contributed by atoms with Crippen molar-refractivity contribution >= 4 is 11.6 Å². The van der Waals surface area contributed by atoms with Gasteiger partial charge in [-0.2, -0.15) is 0 Å². The fourth-order valence-corrected chi connectivity index (χ4v) is 1.90. The van der Waals surface area contributed by atoms with Gasteiger partial charge >= 0.3 is 0 Å². The molecule has 0 aliphatic heterocycles. The van der Waals surface area contributed by atoms with Crippen LogP contribution in [0.1, 0.15) is 25.7 Å². The highest BCUT2D eigenvalue weighted by Crippen LogP contribution is 2.33. The lowest BCUT2D eigenvalue weighted by atomic mass is 10.2. The molecule has 0 bridgehead atoms. The monoisotopic (exact) mass is 250 g/mol. The molecule has 1 aliphatic rings. The van der Waals surface area contributed by atoms with Crippen LogP contribution in [-0.2, 0) is 4.79 Å². The van der Waals surface area contributed by atoms with Crippen LogP contribution in [-0.4, -0.2) is 19.0 Å². The van der Waals surface area contributed by atoms with Gasteiger partial charge in [-0.05, 0) is 43.5 Å². The van der Waals surface area contributed by atoms with Crippen molar-refractivity contribution in [2.24, 2.45) is 5.92 Å². The van der Waals surface area contributed by atoms with Crippen LogP contribution in [0, 0.1) is 11.7 Å². The second-order valence-corrected chi connectivity index (χ2v) is 4.82. The van der Waals surface area contributed by atoms with Gasteiger partial charge in [-0.15, -0.1) is 0 Å². The largest absolute Gasteiger partial charge is 0.325 e. The van der Waals surface area contributed by atoms with E-state index in [1.165, 1.54) is 31.4 Å². The van der Waals surface area contributed by atoms with E-state index < -0.39 is 0 Å². The number of hydrogen-bond acceptors (Lipinski definition) is 2. The Bertz CT molecular complexity index is 405. The Balaban J connectivity index is 1.59. The van der Waals surface area contributed by atoms with Crippen molar-refractivity contribution < 1.29 is 9.18 Å². The van der Waals surface area contributed by atoms with Crippen molar-refractivity contribution in [1.29, 1.82) is 0 Å². The fourth-order valence-electron chi connectivity index (χ4n) is 1.90. The van der Waals surface area contributed by atoms with Crippen LogP contribution in [0.15, 0.2) is 24.3 Å². The molecular formula is C14H19FN2O. The van der Waals surface area contributed by atoms with E-state index in [1.807, 2.05) is 0 Å². The summed E-state index contributed by atoms with van der Waals surface area (Å²) in [6, 6.07) is 5.92. The molecule has 0 spiro atoms. The van der Waals surface area contributed by atoms with E-state index in [-0.39, 0.29) is 18.3 Å². The molecule has 0 unspecified atom stereocenters. The first kappa shape index (κ1) is 13.0. The summed E-state index contributed by atoms with van der Waals surface area (Å²) >= 11 is 0. The van der Waals surface area contributed by atoms with Crippen molar-refractivity contribution in [2.45, 2.75) is 25.7 Å². The summed E-state index contributed by atoms with van der Waals surface area (Å²) in [5.41, 5.74) is 0.500. The summed E-state index contributed by atoms with van der Waals surface area (Å²) in [5.74, 6) is 0.463. The average Bonchev–Trinajstić information content (AvgIpc) is 3.12. The van der Waals surface area contributed by atoms with Crippen LogP contribution in [0.3, 0.4) is 0 Å². The highest BCUT2D eigenvalue weighted by atomic mass is 19.1. The summed E-state index contributed by atoms with van der Waals surface area (Å²) < 4.78 is 12.9. The van der Waals surface area contributed by atoms with Gasteiger partial charge in [-0.25, -0.2) is 4.39 Å². The quantitative estimate of drug-likeness (QED) is 0.730. The lowest BCUT2D eigenvalue weighted by Crippen LogP contribution is -2.28. The summed E-state index contributed by atoms with van der Waals surface area (Å²) in [4.78, 5) is 11.5.